The van der Waals surface area contributed by atoms with Crippen molar-refractivity contribution in [2.45, 2.75) is 19.5 Å². The molecule has 0 aromatic heterocycles. The molecule has 0 fully saturated rings. The second kappa shape index (κ2) is 3.53. The molecule has 1 unspecified atom stereocenters. The van der Waals surface area contributed by atoms with Crippen molar-refractivity contribution in [3.05, 3.63) is 23.3 Å². The van der Waals surface area contributed by atoms with Gasteiger partial charge in [-0.25, -0.2) is 0 Å². The van der Waals surface area contributed by atoms with Crippen molar-refractivity contribution in [2.75, 3.05) is 0 Å². The molecule has 3 heteroatoms. The van der Waals surface area contributed by atoms with Gasteiger partial charge in [0.15, 0.2) is 0 Å². The Morgan fingerprint density at radius 3 is 2.83 bits per heavy atom. The summed E-state index contributed by atoms with van der Waals surface area (Å²) in [6.07, 6.45) is 4.25. The van der Waals surface area contributed by atoms with E-state index in [9.17, 15) is 0 Å². The summed E-state index contributed by atoms with van der Waals surface area (Å²) in [6, 6.07) is 2.12. The molecule has 1 atom stereocenters. The maximum atomic E-state index is 8.72. The Hall–Kier alpha value is -1.11. The van der Waals surface area contributed by atoms with Crippen molar-refractivity contribution >= 4 is 0 Å². The molecule has 0 saturated heterocycles. The van der Waals surface area contributed by atoms with Gasteiger partial charge in [-0.05, 0) is 25.0 Å². The molecule has 0 aromatic rings. The molecular weight excluding hydrogens is 150 g/mol. The van der Waals surface area contributed by atoms with Crippen molar-refractivity contribution in [1.82, 2.24) is 0 Å². The SMILES string of the molecule is CC1=C(C#N)C=CCC1C(N)N. The molecule has 1 aliphatic rings. The zero-order chi connectivity index (χ0) is 9.14. The zero-order valence-electron chi connectivity index (χ0n) is 7.12. The molecule has 1 rings (SSSR count). The van der Waals surface area contributed by atoms with Crippen molar-refractivity contribution in [1.29, 1.82) is 5.26 Å². The van der Waals surface area contributed by atoms with Gasteiger partial charge in [0.25, 0.3) is 0 Å². The fraction of sp³-hybridized carbons (Fsp3) is 0.444. The average Bonchev–Trinajstić information content (AvgIpc) is 2.04. The van der Waals surface area contributed by atoms with Crippen molar-refractivity contribution in [2.24, 2.45) is 17.4 Å². The van der Waals surface area contributed by atoms with E-state index in [4.69, 9.17) is 16.7 Å². The van der Waals surface area contributed by atoms with Crippen LogP contribution in [0.5, 0.6) is 0 Å². The van der Waals surface area contributed by atoms with Crippen LogP contribution in [0.15, 0.2) is 23.3 Å². The lowest BCUT2D eigenvalue weighted by molar-refractivity contribution is 0.490. The first-order valence-corrected chi connectivity index (χ1v) is 3.95. The van der Waals surface area contributed by atoms with Crippen molar-refractivity contribution in [3.8, 4) is 6.07 Å². The van der Waals surface area contributed by atoms with E-state index in [2.05, 4.69) is 6.07 Å². The third kappa shape index (κ3) is 1.55. The maximum Gasteiger partial charge on any atom is 0.0991 e. The quantitative estimate of drug-likeness (QED) is 0.557. The highest BCUT2D eigenvalue weighted by Crippen LogP contribution is 2.25. The Morgan fingerprint density at radius 2 is 2.33 bits per heavy atom. The van der Waals surface area contributed by atoms with Crippen molar-refractivity contribution in [3.63, 3.8) is 0 Å². The second-order valence-electron chi connectivity index (χ2n) is 3.03. The highest BCUT2D eigenvalue weighted by molar-refractivity contribution is 5.41. The number of nitrogens with zero attached hydrogens (tertiary/aromatic N) is 1. The van der Waals surface area contributed by atoms with Gasteiger partial charge < -0.3 is 11.5 Å². The van der Waals surface area contributed by atoms with E-state index < -0.39 is 0 Å². The summed E-state index contributed by atoms with van der Waals surface area (Å²) in [7, 11) is 0. The molecule has 0 aromatic carbocycles. The monoisotopic (exact) mass is 163 g/mol. The molecule has 0 spiro atoms. The van der Waals surface area contributed by atoms with Gasteiger partial charge in [0, 0.05) is 5.92 Å². The molecule has 0 amide bonds. The van der Waals surface area contributed by atoms with Gasteiger partial charge in [-0.2, -0.15) is 5.26 Å². The molecule has 0 heterocycles. The highest BCUT2D eigenvalue weighted by atomic mass is 14.9. The number of nitrogens with two attached hydrogens (primary N) is 2. The summed E-state index contributed by atoms with van der Waals surface area (Å²) >= 11 is 0. The fourth-order valence-electron chi connectivity index (χ4n) is 1.41. The number of nitriles is 1. The Labute approximate surface area is 72.3 Å². The first-order chi connectivity index (χ1) is 5.66. The third-order valence-electron chi connectivity index (χ3n) is 2.24. The molecule has 12 heavy (non-hydrogen) atoms. The van der Waals surface area contributed by atoms with Crippen LogP contribution in [0.2, 0.25) is 0 Å². The second-order valence-corrected chi connectivity index (χ2v) is 3.03. The minimum Gasteiger partial charge on any atom is -0.316 e. The van der Waals surface area contributed by atoms with Crippen LogP contribution in [0.1, 0.15) is 13.3 Å². The molecule has 3 nitrogen and oxygen atoms in total. The van der Waals surface area contributed by atoms with Gasteiger partial charge in [0.2, 0.25) is 0 Å². The topological polar surface area (TPSA) is 75.8 Å². The van der Waals surface area contributed by atoms with E-state index in [0.717, 1.165) is 12.0 Å². The maximum absolute atomic E-state index is 8.72. The van der Waals surface area contributed by atoms with Crippen molar-refractivity contribution < 1.29 is 0 Å². The predicted octanol–water partition coefficient (Wildman–Crippen LogP) is 0.646. The van der Waals surface area contributed by atoms with Gasteiger partial charge in [-0.1, -0.05) is 6.08 Å². The number of allylic oxidation sites excluding steroid dienone is 3. The van der Waals surface area contributed by atoms with Gasteiger partial charge in [-0.15, -0.1) is 0 Å². The van der Waals surface area contributed by atoms with Crippen LogP contribution < -0.4 is 11.5 Å². The predicted molar refractivity (Wildman–Crippen MR) is 47.7 cm³/mol. The molecule has 64 valence electrons. The summed E-state index contributed by atoms with van der Waals surface area (Å²) in [6.45, 7) is 1.92. The van der Waals surface area contributed by atoms with Crippen LogP contribution in [-0.2, 0) is 0 Å². The fourth-order valence-corrected chi connectivity index (χ4v) is 1.41. The van der Waals surface area contributed by atoms with Crippen LogP contribution in [-0.4, -0.2) is 6.17 Å². The lowest BCUT2D eigenvalue weighted by Gasteiger charge is -2.23. The Balaban J connectivity index is 2.93. The molecular formula is C9H13N3. The first-order valence-electron chi connectivity index (χ1n) is 3.95. The van der Waals surface area contributed by atoms with Gasteiger partial charge in [-0.3, -0.25) is 0 Å². The minimum atomic E-state index is -0.363. The molecule has 0 bridgehead atoms. The zero-order valence-corrected chi connectivity index (χ0v) is 7.12. The molecule has 4 N–H and O–H groups in total. The molecule has 1 aliphatic carbocycles. The number of hydrogen-bond acceptors (Lipinski definition) is 3. The summed E-state index contributed by atoms with van der Waals surface area (Å²) in [4.78, 5) is 0. The lowest BCUT2D eigenvalue weighted by atomic mass is 9.87. The van der Waals surface area contributed by atoms with E-state index in [1.165, 1.54) is 0 Å². The van der Waals surface area contributed by atoms with Gasteiger partial charge in [0.05, 0.1) is 17.8 Å². The number of rotatable bonds is 1. The first kappa shape index (κ1) is 8.98. The Bertz CT molecular complexity index is 268. The van der Waals surface area contributed by atoms with Crippen LogP contribution in [0.3, 0.4) is 0 Å². The van der Waals surface area contributed by atoms with Crippen LogP contribution in [0.25, 0.3) is 0 Å². The summed E-state index contributed by atoms with van der Waals surface area (Å²) in [5, 5.41) is 8.72. The Morgan fingerprint density at radius 1 is 1.67 bits per heavy atom. The summed E-state index contributed by atoms with van der Waals surface area (Å²) in [5.74, 6) is 0.129. The largest absolute Gasteiger partial charge is 0.316 e. The van der Waals surface area contributed by atoms with Crippen LogP contribution in [0, 0.1) is 17.2 Å². The van der Waals surface area contributed by atoms with Crippen LogP contribution in [0.4, 0.5) is 0 Å². The van der Waals surface area contributed by atoms with E-state index in [-0.39, 0.29) is 12.1 Å². The normalized spacial score (nSPS) is 23.1. The molecule has 0 aliphatic heterocycles. The smallest absolute Gasteiger partial charge is 0.0991 e. The van der Waals surface area contributed by atoms with Crippen LogP contribution >= 0.6 is 0 Å². The third-order valence-corrected chi connectivity index (χ3v) is 2.24. The van der Waals surface area contributed by atoms with E-state index in [1.54, 1.807) is 0 Å². The van der Waals surface area contributed by atoms with Gasteiger partial charge >= 0.3 is 0 Å². The highest BCUT2D eigenvalue weighted by Gasteiger charge is 2.19. The van der Waals surface area contributed by atoms with E-state index in [1.807, 2.05) is 19.1 Å². The summed E-state index contributed by atoms with van der Waals surface area (Å²) < 4.78 is 0. The molecule has 0 saturated carbocycles. The minimum absolute atomic E-state index is 0.129. The Kier molecular flexibility index (Phi) is 2.64. The van der Waals surface area contributed by atoms with E-state index in [0.29, 0.717) is 5.57 Å². The summed E-state index contributed by atoms with van der Waals surface area (Å²) in [5.41, 5.74) is 12.9. The number of hydrogen-bond donors (Lipinski definition) is 2. The average molecular weight is 163 g/mol. The standard InChI is InChI=1S/C9H13N3/c1-6-7(5-10)3-2-4-8(6)9(11)12/h2-3,8-9H,4,11-12H2,1H3. The van der Waals surface area contributed by atoms with E-state index >= 15 is 0 Å². The molecule has 0 radical (unpaired) electrons. The lowest BCUT2D eigenvalue weighted by Crippen LogP contribution is -2.39. The van der Waals surface area contributed by atoms with Gasteiger partial charge in [0.1, 0.15) is 0 Å².